The second kappa shape index (κ2) is 17.8. The molecule has 12 nitrogen and oxygen atoms in total. The second-order valence-corrected chi connectivity index (χ2v) is 15.8. The van der Waals surface area contributed by atoms with Gasteiger partial charge in [0.25, 0.3) is 0 Å². The highest BCUT2D eigenvalue weighted by Crippen LogP contribution is 2.24. The van der Waals surface area contributed by atoms with Crippen molar-refractivity contribution < 1.29 is 28.5 Å². The highest BCUT2D eigenvalue weighted by molar-refractivity contribution is 5.77. The van der Waals surface area contributed by atoms with Crippen LogP contribution in [0.15, 0.2) is 97.1 Å². The summed E-state index contributed by atoms with van der Waals surface area (Å²) in [6.07, 6.45) is 0.471. The van der Waals surface area contributed by atoms with Gasteiger partial charge in [0.1, 0.15) is 36.9 Å². The van der Waals surface area contributed by atoms with Crippen LogP contribution in [0.2, 0.25) is 0 Å². The predicted octanol–water partition coefficient (Wildman–Crippen LogP) is 8.79. The molecule has 0 aliphatic heterocycles. The Hall–Kier alpha value is -5.72. The van der Waals surface area contributed by atoms with Gasteiger partial charge in [-0.2, -0.15) is 0 Å². The fourth-order valence-electron chi connectivity index (χ4n) is 5.94. The summed E-state index contributed by atoms with van der Waals surface area (Å²) in [5.74, 6) is 1.17. The highest BCUT2D eigenvalue weighted by Gasteiger charge is 2.24. The molecule has 294 valence electrons. The van der Waals surface area contributed by atoms with Crippen LogP contribution in [0.1, 0.15) is 87.5 Å². The van der Waals surface area contributed by atoms with Gasteiger partial charge in [0.15, 0.2) is 0 Å². The largest absolute Gasteiger partial charge is 0.445 e. The zero-order valence-electron chi connectivity index (χ0n) is 33.0. The second-order valence-electron chi connectivity index (χ2n) is 15.8. The molecule has 56 heavy (non-hydrogen) atoms. The lowest BCUT2D eigenvalue weighted by molar-refractivity contribution is -0.0161. The smallest absolute Gasteiger partial charge is 0.408 e. The number of carbonyl (C=O) groups excluding carboxylic acids is 2. The summed E-state index contributed by atoms with van der Waals surface area (Å²) < 4.78 is 23.1. The first-order valence-electron chi connectivity index (χ1n) is 19.0. The summed E-state index contributed by atoms with van der Waals surface area (Å²) in [6.45, 7) is 12.6. The summed E-state index contributed by atoms with van der Waals surface area (Å²) in [7, 11) is 0. The van der Waals surface area contributed by atoms with E-state index in [0.717, 1.165) is 57.2 Å². The molecule has 2 heterocycles. The van der Waals surface area contributed by atoms with Crippen molar-refractivity contribution in [1.29, 1.82) is 0 Å². The van der Waals surface area contributed by atoms with Gasteiger partial charge in [-0.15, -0.1) is 0 Å². The third kappa shape index (κ3) is 11.9. The minimum absolute atomic E-state index is 0.160. The van der Waals surface area contributed by atoms with Gasteiger partial charge in [0, 0.05) is 0 Å². The number of hydrogen-bond donors (Lipinski definition) is 4. The first-order chi connectivity index (χ1) is 26.8. The molecule has 0 saturated carbocycles. The Labute approximate surface area is 327 Å². The lowest BCUT2D eigenvalue weighted by atomic mass is 10.0. The number of hydrogen-bond acceptors (Lipinski definition) is 8. The number of fused-ring (bicyclic) bond motifs is 2. The van der Waals surface area contributed by atoms with E-state index in [4.69, 9.17) is 28.9 Å². The van der Waals surface area contributed by atoms with Gasteiger partial charge in [0.05, 0.1) is 46.5 Å². The fourth-order valence-corrected chi connectivity index (χ4v) is 5.94. The molecule has 4 aromatic carbocycles. The van der Waals surface area contributed by atoms with E-state index in [1.807, 2.05) is 114 Å². The average molecular weight is 761 g/mol. The molecule has 6 rings (SSSR count). The molecule has 2 amide bonds. The number of alkyl carbamates (subject to hydrolysis) is 2. The standard InChI is InChI=1S/C44H52N6O6/c1-43(2,3)55-27-37(49-41(51)53-25-31-13-9-7-10-14-31)39-45-33-21-19-29(23-35(33)47-39)17-18-30-20-22-34-36(24-30)48-40(46-34)38(28-56-44(4,5)6)50-42(52)54-26-32-15-11-8-12-16-32/h7-16,19-24,37-38H,17-18,25-28H2,1-6H3,(H,45,47)(H,46,48)(H,49,51)(H,50,52)/t37-,38-/m0/s1. The van der Waals surface area contributed by atoms with Crippen molar-refractivity contribution in [3.05, 3.63) is 131 Å². The molecule has 0 saturated heterocycles. The summed E-state index contributed by atoms with van der Waals surface area (Å²) in [5, 5.41) is 5.87. The molecule has 0 aliphatic carbocycles. The number of ether oxygens (including phenoxy) is 4. The first kappa shape index (κ1) is 40.0. The highest BCUT2D eigenvalue weighted by atomic mass is 16.6. The molecule has 0 unspecified atom stereocenters. The number of nitrogens with zero attached hydrogens (tertiary/aromatic N) is 2. The summed E-state index contributed by atoms with van der Waals surface area (Å²) in [6, 6.07) is 30.3. The SMILES string of the molecule is CC(C)(C)OC[C@H](NC(=O)OCc1ccccc1)c1nc2ccc(CCc3ccc4nc([C@H](COC(C)(C)C)NC(=O)OCc5ccccc5)[nH]c4c3)cc2[nH]1. The van der Waals surface area contributed by atoms with Crippen molar-refractivity contribution in [2.24, 2.45) is 0 Å². The number of aromatic amines is 2. The Morgan fingerprint density at radius 3 is 1.34 bits per heavy atom. The monoisotopic (exact) mass is 760 g/mol. The van der Waals surface area contributed by atoms with Gasteiger partial charge in [-0.05, 0) is 101 Å². The van der Waals surface area contributed by atoms with E-state index >= 15 is 0 Å². The number of imidazole rings is 2. The van der Waals surface area contributed by atoms with Gasteiger partial charge >= 0.3 is 12.2 Å². The van der Waals surface area contributed by atoms with E-state index in [1.54, 1.807) is 0 Å². The minimum Gasteiger partial charge on any atom is -0.445 e. The fraction of sp³-hybridized carbons (Fsp3) is 0.364. The van der Waals surface area contributed by atoms with Gasteiger partial charge < -0.3 is 39.5 Å². The molecule has 0 bridgehead atoms. The van der Waals surface area contributed by atoms with Crippen molar-refractivity contribution in [3.63, 3.8) is 0 Å². The summed E-state index contributed by atoms with van der Waals surface area (Å²) in [4.78, 5) is 42.1. The van der Waals surface area contributed by atoms with Crippen LogP contribution in [0.4, 0.5) is 9.59 Å². The molecule has 0 aliphatic rings. The third-order valence-electron chi connectivity index (χ3n) is 8.87. The van der Waals surface area contributed by atoms with Crippen LogP contribution in [0, 0.1) is 0 Å². The molecule has 6 aromatic rings. The maximum absolute atomic E-state index is 12.8. The van der Waals surface area contributed by atoms with E-state index in [2.05, 4.69) is 44.9 Å². The number of nitrogens with one attached hydrogen (secondary N) is 4. The molecule has 12 heteroatoms. The zero-order valence-corrected chi connectivity index (χ0v) is 33.0. The number of rotatable bonds is 15. The molecular weight excluding hydrogens is 709 g/mol. The maximum atomic E-state index is 12.8. The number of amides is 2. The number of H-pyrrole nitrogens is 2. The lowest BCUT2D eigenvalue weighted by Gasteiger charge is -2.24. The van der Waals surface area contributed by atoms with Crippen molar-refractivity contribution in [2.45, 2.75) is 90.9 Å². The van der Waals surface area contributed by atoms with Crippen LogP contribution in [0.25, 0.3) is 22.1 Å². The zero-order chi connectivity index (χ0) is 39.7. The minimum atomic E-state index is -0.551. The van der Waals surface area contributed by atoms with E-state index in [9.17, 15) is 9.59 Å². The first-order valence-corrected chi connectivity index (χ1v) is 19.0. The summed E-state index contributed by atoms with van der Waals surface area (Å²) in [5.41, 5.74) is 6.55. The van der Waals surface area contributed by atoms with Crippen LogP contribution < -0.4 is 10.6 Å². The number of aryl methyl sites for hydroxylation is 2. The Morgan fingerprint density at radius 2 is 0.964 bits per heavy atom. The quantitative estimate of drug-likeness (QED) is 0.0811. The Bertz CT molecular complexity index is 2050. The lowest BCUT2D eigenvalue weighted by Crippen LogP contribution is -2.35. The molecule has 0 radical (unpaired) electrons. The van der Waals surface area contributed by atoms with Gasteiger partial charge in [0.2, 0.25) is 0 Å². The molecule has 0 spiro atoms. The normalized spacial score (nSPS) is 13.0. The van der Waals surface area contributed by atoms with Crippen molar-refractivity contribution in [1.82, 2.24) is 30.6 Å². The van der Waals surface area contributed by atoms with Gasteiger partial charge in [-0.3, -0.25) is 0 Å². The average Bonchev–Trinajstić information content (AvgIpc) is 3.80. The topological polar surface area (TPSA) is 152 Å². The summed E-state index contributed by atoms with van der Waals surface area (Å²) >= 11 is 0. The van der Waals surface area contributed by atoms with Crippen molar-refractivity contribution >= 4 is 34.3 Å². The van der Waals surface area contributed by atoms with E-state index in [1.165, 1.54) is 0 Å². The van der Waals surface area contributed by atoms with Crippen LogP contribution in [0.3, 0.4) is 0 Å². The van der Waals surface area contributed by atoms with Crippen molar-refractivity contribution in [2.75, 3.05) is 13.2 Å². The van der Waals surface area contributed by atoms with E-state index < -0.39 is 35.5 Å². The number of benzene rings is 4. The van der Waals surface area contributed by atoms with Crippen LogP contribution in [-0.4, -0.2) is 56.5 Å². The van der Waals surface area contributed by atoms with Crippen molar-refractivity contribution in [3.8, 4) is 0 Å². The number of carbonyl (C=O) groups is 2. The third-order valence-corrected chi connectivity index (χ3v) is 8.87. The molecule has 4 N–H and O–H groups in total. The maximum Gasteiger partial charge on any atom is 0.408 e. The van der Waals surface area contributed by atoms with E-state index in [-0.39, 0.29) is 26.4 Å². The molecular formula is C44H52N6O6. The van der Waals surface area contributed by atoms with Gasteiger partial charge in [-0.1, -0.05) is 72.8 Å². The molecule has 2 atom stereocenters. The molecule has 2 aromatic heterocycles. The van der Waals surface area contributed by atoms with Crippen LogP contribution in [0.5, 0.6) is 0 Å². The Balaban J connectivity index is 1.11. The molecule has 0 fully saturated rings. The predicted molar refractivity (Wildman–Crippen MR) is 216 cm³/mol. The van der Waals surface area contributed by atoms with Gasteiger partial charge in [-0.25, -0.2) is 19.6 Å². The van der Waals surface area contributed by atoms with Crippen LogP contribution >= 0.6 is 0 Å². The Kier molecular flexibility index (Phi) is 12.7. The Morgan fingerprint density at radius 1 is 0.571 bits per heavy atom. The number of aromatic nitrogens is 4. The van der Waals surface area contributed by atoms with E-state index in [0.29, 0.717) is 11.6 Å². The van der Waals surface area contributed by atoms with Crippen LogP contribution in [-0.2, 0) is 45.0 Å².